The zero-order chi connectivity index (χ0) is 11.4. The quantitative estimate of drug-likeness (QED) is 0.629. The van der Waals surface area contributed by atoms with Gasteiger partial charge in [-0.25, -0.2) is 0 Å². The Kier molecular flexibility index (Phi) is 5.06. The Morgan fingerprint density at radius 3 is 1.57 bits per heavy atom. The Morgan fingerprint density at radius 1 is 1.00 bits per heavy atom. The molecule has 0 aromatic heterocycles. The zero-order valence-corrected chi connectivity index (χ0v) is 11.7. The molecule has 0 amide bonds. The first-order chi connectivity index (χ1) is 6.31. The number of hydrogen-bond donors (Lipinski definition) is 0. The van der Waals surface area contributed by atoms with Crippen LogP contribution in [0.1, 0.15) is 41.5 Å². The van der Waals surface area contributed by atoms with Crippen LogP contribution in [0.25, 0.3) is 0 Å². The first-order valence-electron chi connectivity index (χ1n) is 5.84. The van der Waals surface area contributed by atoms with Crippen molar-refractivity contribution in [2.45, 2.75) is 65.7 Å². The molecule has 0 saturated heterocycles. The van der Waals surface area contributed by atoms with E-state index in [1.807, 2.05) is 20.8 Å². The van der Waals surface area contributed by atoms with E-state index >= 15 is 0 Å². The van der Waals surface area contributed by atoms with Crippen molar-refractivity contribution in [2.24, 2.45) is 5.41 Å². The zero-order valence-electron chi connectivity index (χ0n) is 10.7. The first kappa shape index (κ1) is 13.9. The van der Waals surface area contributed by atoms with Gasteiger partial charge in [0.25, 0.3) is 0 Å². The maximum Gasteiger partial charge on any atom is 0.135 e. The second-order valence-corrected chi connectivity index (χ2v) is 10.9. The number of hydrogen-bond acceptors (Lipinski definition) is 1. The highest BCUT2D eigenvalue weighted by molar-refractivity contribution is 6.82. The number of ketones is 1. The summed E-state index contributed by atoms with van der Waals surface area (Å²) >= 11 is 0. The fraction of sp³-hybridized carbons (Fsp3) is 0.917. The van der Waals surface area contributed by atoms with E-state index in [2.05, 4.69) is 20.8 Å². The van der Waals surface area contributed by atoms with Crippen molar-refractivity contribution in [3.05, 3.63) is 0 Å². The molecule has 1 nitrogen and oxygen atoms in total. The minimum atomic E-state index is -1.24. The third kappa shape index (κ3) is 3.56. The highest BCUT2D eigenvalue weighted by atomic mass is 28.3. The summed E-state index contributed by atoms with van der Waals surface area (Å²) < 4.78 is 0. The van der Waals surface area contributed by atoms with Crippen molar-refractivity contribution in [3.8, 4) is 0 Å². The molecule has 14 heavy (non-hydrogen) atoms. The molecule has 0 aromatic rings. The van der Waals surface area contributed by atoms with Crippen LogP contribution in [0.4, 0.5) is 0 Å². The summed E-state index contributed by atoms with van der Waals surface area (Å²) in [6.45, 7) is 12.9. The molecule has 84 valence electrons. The number of carbonyl (C=O) groups is 1. The lowest BCUT2D eigenvalue weighted by Gasteiger charge is -2.30. The number of rotatable bonds is 5. The molecule has 2 heteroatoms. The monoisotopic (exact) mass is 214 g/mol. The lowest BCUT2D eigenvalue weighted by molar-refractivity contribution is -0.124. The van der Waals surface area contributed by atoms with Crippen molar-refractivity contribution in [2.75, 3.05) is 0 Å². The predicted octanol–water partition coefficient (Wildman–Crippen LogP) is 4.11. The summed E-state index contributed by atoms with van der Waals surface area (Å²) in [5, 5.41) is 0. The average molecular weight is 214 g/mol. The maximum absolute atomic E-state index is 12.0. The van der Waals surface area contributed by atoms with Crippen molar-refractivity contribution >= 4 is 13.9 Å². The Morgan fingerprint density at radius 2 is 1.36 bits per heavy atom. The second-order valence-electron chi connectivity index (χ2n) is 5.41. The largest absolute Gasteiger partial charge is 0.299 e. The topological polar surface area (TPSA) is 17.1 Å². The van der Waals surface area contributed by atoms with Gasteiger partial charge in [-0.1, -0.05) is 59.7 Å². The Hall–Kier alpha value is -0.113. The standard InChI is InChI=1S/C12H26OSi/c1-7-14(8-2,9-3)10-11(13)12(4,5)6/h7-10H2,1-6H3. The molecule has 0 radical (unpaired) electrons. The number of Topliss-reactive ketones (excluding diaryl/α,β-unsaturated/α-hetero) is 1. The minimum Gasteiger partial charge on any atom is -0.299 e. The molecule has 0 aromatic carbocycles. The molecule has 0 saturated carbocycles. The highest BCUT2D eigenvalue weighted by Gasteiger charge is 2.33. The van der Waals surface area contributed by atoms with E-state index in [9.17, 15) is 4.79 Å². The lowest BCUT2D eigenvalue weighted by Crippen LogP contribution is -2.37. The molecule has 0 aliphatic heterocycles. The second kappa shape index (κ2) is 5.10. The van der Waals surface area contributed by atoms with E-state index in [1.165, 1.54) is 18.1 Å². The van der Waals surface area contributed by atoms with Crippen LogP contribution in [-0.2, 0) is 4.79 Å². The lowest BCUT2D eigenvalue weighted by atomic mass is 9.92. The summed E-state index contributed by atoms with van der Waals surface area (Å²) in [5.41, 5.74) is -0.141. The smallest absolute Gasteiger partial charge is 0.135 e. The van der Waals surface area contributed by atoms with Crippen LogP contribution in [0.3, 0.4) is 0 Å². The molecule has 0 aliphatic carbocycles. The van der Waals surface area contributed by atoms with Gasteiger partial charge in [-0.15, -0.1) is 0 Å². The fourth-order valence-electron chi connectivity index (χ4n) is 1.73. The van der Waals surface area contributed by atoms with Gasteiger partial charge in [0.1, 0.15) is 5.78 Å². The molecule has 0 spiro atoms. The summed E-state index contributed by atoms with van der Waals surface area (Å²) in [4.78, 5) is 12.0. The van der Waals surface area contributed by atoms with Gasteiger partial charge < -0.3 is 0 Å². The Bertz CT molecular complexity index is 179. The molecular weight excluding hydrogens is 188 g/mol. The van der Waals surface area contributed by atoms with E-state index < -0.39 is 8.07 Å². The SMILES string of the molecule is CC[Si](CC)(CC)CC(=O)C(C)(C)C. The van der Waals surface area contributed by atoms with Crippen LogP contribution >= 0.6 is 0 Å². The molecular formula is C12H26OSi. The van der Waals surface area contributed by atoms with Gasteiger partial charge in [0.15, 0.2) is 0 Å². The molecule has 0 bridgehead atoms. The van der Waals surface area contributed by atoms with Gasteiger partial charge in [-0.05, 0) is 0 Å². The first-order valence-corrected chi connectivity index (χ1v) is 8.67. The van der Waals surface area contributed by atoms with E-state index in [4.69, 9.17) is 0 Å². The van der Waals surface area contributed by atoms with E-state index in [0.717, 1.165) is 6.04 Å². The molecule has 0 aliphatic rings. The molecule has 0 fully saturated rings. The van der Waals surface area contributed by atoms with Crippen LogP contribution in [-0.4, -0.2) is 13.9 Å². The van der Waals surface area contributed by atoms with Crippen molar-refractivity contribution in [1.82, 2.24) is 0 Å². The molecule has 0 rings (SSSR count). The summed E-state index contributed by atoms with van der Waals surface area (Å²) in [7, 11) is -1.24. The van der Waals surface area contributed by atoms with Gasteiger partial charge in [0.2, 0.25) is 0 Å². The van der Waals surface area contributed by atoms with E-state index in [0.29, 0.717) is 5.78 Å². The summed E-state index contributed by atoms with van der Waals surface area (Å²) in [6, 6.07) is 4.64. The van der Waals surface area contributed by atoms with Crippen LogP contribution in [0.15, 0.2) is 0 Å². The third-order valence-electron chi connectivity index (χ3n) is 3.62. The van der Waals surface area contributed by atoms with Gasteiger partial charge in [-0.2, -0.15) is 0 Å². The van der Waals surface area contributed by atoms with Gasteiger partial charge in [0, 0.05) is 11.5 Å². The number of carbonyl (C=O) groups excluding carboxylic acids is 1. The average Bonchev–Trinajstić information content (AvgIpc) is 2.12. The normalized spacial score (nSPS) is 13.0. The van der Waals surface area contributed by atoms with Crippen LogP contribution in [0.5, 0.6) is 0 Å². The Balaban J connectivity index is 4.54. The molecule has 0 heterocycles. The van der Waals surface area contributed by atoms with Crippen molar-refractivity contribution < 1.29 is 4.79 Å². The minimum absolute atomic E-state index is 0.141. The fourth-order valence-corrected chi connectivity index (χ4v) is 5.19. The van der Waals surface area contributed by atoms with Gasteiger partial charge >= 0.3 is 0 Å². The Labute approximate surface area is 90.3 Å². The third-order valence-corrected chi connectivity index (χ3v) is 9.19. The van der Waals surface area contributed by atoms with Crippen LogP contribution < -0.4 is 0 Å². The van der Waals surface area contributed by atoms with Gasteiger partial charge in [0.05, 0.1) is 8.07 Å². The van der Waals surface area contributed by atoms with Crippen LogP contribution in [0, 0.1) is 5.41 Å². The summed E-state index contributed by atoms with van der Waals surface area (Å²) in [6.07, 6.45) is 0. The van der Waals surface area contributed by atoms with Gasteiger partial charge in [-0.3, -0.25) is 4.79 Å². The summed E-state index contributed by atoms with van der Waals surface area (Å²) in [5.74, 6) is 0.467. The highest BCUT2D eigenvalue weighted by Crippen LogP contribution is 2.29. The van der Waals surface area contributed by atoms with E-state index in [1.54, 1.807) is 0 Å². The van der Waals surface area contributed by atoms with E-state index in [-0.39, 0.29) is 5.41 Å². The molecule has 0 atom stereocenters. The maximum atomic E-state index is 12.0. The molecule has 0 N–H and O–H groups in total. The van der Waals surface area contributed by atoms with Crippen molar-refractivity contribution in [3.63, 3.8) is 0 Å². The molecule has 0 unspecified atom stereocenters. The van der Waals surface area contributed by atoms with Crippen molar-refractivity contribution in [1.29, 1.82) is 0 Å². The van der Waals surface area contributed by atoms with Crippen LogP contribution in [0.2, 0.25) is 24.2 Å². The predicted molar refractivity (Wildman–Crippen MR) is 66.5 cm³/mol.